The lowest BCUT2D eigenvalue weighted by molar-refractivity contribution is -0.138. The van der Waals surface area contributed by atoms with Gasteiger partial charge in [-0.05, 0) is 37.1 Å². The van der Waals surface area contributed by atoms with E-state index in [9.17, 15) is 13.6 Å². The van der Waals surface area contributed by atoms with E-state index in [-0.39, 0.29) is 12.3 Å². The van der Waals surface area contributed by atoms with E-state index in [4.69, 9.17) is 5.11 Å². The molecule has 1 aromatic rings. The van der Waals surface area contributed by atoms with Crippen LogP contribution in [0.2, 0.25) is 0 Å². The summed E-state index contributed by atoms with van der Waals surface area (Å²) in [6.45, 7) is 1.69. The zero-order chi connectivity index (χ0) is 13.1. The van der Waals surface area contributed by atoms with E-state index < -0.39 is 17.6 Å². The van der Waals surface area contributed by atoms with Crippen LogP contribution >= 0.6 is 0 Å². The zero-order valence-electron chi connectivity index (χ0n) is 9.90. The van der Waals surface area contributed by atoms with Crippen LogP contribution in [0.1, 0.15) is 18.4 Å². The van der Waals surface area contributed by atoms with Crippen molar-refractivity contribution in [3.8, 4) is 0 Å². The summed E-state index contributed by atoms with van der Waals surface area (Å²) in [4.78, 5) is 12.6. The molecule has 3 nitrogen and oxygen atoms in total. The molecule has 0 aromatic heterocycles. The monoisotopic (exact) mass is 255 g/mol. The molecular weight excluding hydrogens is 240 g/mol. The molecule has 5 heteroatoms. The van der Waals surface area contributed by atoms with Crippen molar-refractivity contribution in [3.05, 3.63) is 35.4 Å². The van der Waals surface area contributed by atoms with Crippen LogP contribution in [0, 0.1) is 17.6 Å². The third kappa shape index (κ3) is 3.26. The number of nitrogens with zero attached hydrogens (tertiary/aromatic N) is 1. The summed E-state index contributed by atoms with van der Waals surface area (Å²) in [6.07, 6.45) is 0.936. The lowest BCUT2D eigenvalue weighted by Gasteiger charge is -2.16. The Bertz CT molecular complexity index is 451. The van der Waals surface area contributed by atoms with Crippen molar-refractivity contribution in [1.82, 2.24) is 4.90 Å². The van der Waals surface area contributed by atoms with Gasteiger partial charge in [0.1, 0.15) is 11.6 Å². The second-order valence-corrected chi connectivity index (χ2v) is 4.72. The van der Waals surface area contributed by atoms with E-state index >= 15 is 0 Å². The molecule has 1 atom stereocenters. The topological polar surface area (TPSA) is 40.5 Å². The Labute approximate surface area is 104 Å². The second-order valence-electron chi connectivity index (χ2n) is 4.72. The number of carbonyl (C=O) groups is 1. The van der Waals surface area contributed by atoms with Crippen molar-refractivity contribution in [3.63, 3.8) is 0 Å². The summed E-state index contributed by atoms with van der Waals surface area (Å²) in [7, 11) is 0. The molecule has 0 saturated carbocycles. The fourth-order valence-corrected chi connectivity index (χ4v) is 2.38. The molecule has 98 valence electrons. The van der Waals surface area contributed by atoms with Gasteiger partial charge >= 0.3 is 5.97 Å². The Morgan fingerprint density at radius 3 is 2.94 bits per heavy atom. The first kappa shape index (κ1) is 13.0. The fraction of sp³-hybridized carbons (Fsp3) is 0.462. The molecule has 0 radical (unpaired) electrons. The molecule has 1 unspecified atom stereocenters. The highest BCUT2D eigenvalue weighted by Gasteiger charge is 2.25. The van der Waals surface area contributed by atoms with Gasteiger partial charge in [0.2, 0.25) is 0 Å². The van der Waals surface area contributed by atoms with Gasteiger partial charge in [-0.1, -0.05) is 0 Å². The fourth-order valence-electron chi connectivity index (χ4n) is 2.38. The summed E-state index contributed by atoms with van der Waals surface area (Å²) >= 11 is 0. The van der Waals surface area contributed by atoms with Crippen LogP contribution in [-0.4, -0.2) is 29.1 Å². The van der Waals surface area contributed by atoms with Crippen LogP contribution in [0.5, 0.6) is 0 Å². The first-order chi connectivity index (χ1) is 8.54. The maximum absolute atomic E-state index is 13.4. The zero-order valence-corrected chi connectivity index (χ0v) is 9.90. The molecule has 1 N–H and O–H groups in total. The highest BCUT2D eigenvalue weighted by Crippen LogP contribution is 2.22. The number of halogens is 2. The maximum atomic E-state index is 13.4. The van der Waals surface area contributed by atoms with E-state index in [1.54, 1.807) is 0 Å². The second kappa shape index (κ2) is 5.44. The van der Waals surface area contributed by atoms with Crippen molar-refractivity contribution in [2.24, 2.45) is 5.92 Å². The Kier molecular flexibility index (Phi) is 3.91. The summed E-state index contributed by atoms with van der Waals surface area (Å²) in [5.41, 5.74) is 0.325. The number of rotatable bonds is 4. The molecule has 0 bridgehead atoms. The molecule has 1 aliphatic rings. The summed E-state index contributed by atoms with van der Waals surface area (Å²) < 4.78 is 26.4. The predicted molar refractivity (Wildman–Crippen MR) is 62.0 cm³/mol. The smallest absolute Gasteiger partial charge is 0.303 e. The minimum atomic E-state index is -0.807. The van der Waals surface area contributed by atoms with Gasteiger partial charge in [-0.25, -0.2) is 8.78 Å². The maximum Gasteiger partial charge on any atom is 0.303 e. The number of aliphatic carboxylic acids is 1. The van der Waals surface area contributed by atoms with Crippen LogP contribution in [0.4, 0.5) is 8.78 Å². The van der Waals surface area contributed by atoms with Crippen LogP contribution in [0.15, 0.2) is 18.2 Å². The summed E-state index contributed by atoms with van der Waals surface area (Å²) in [6, 6.07) is 3.41. The highest BCUT2D eigenvalue weighted by molar-refractivity contribution is 5.67. The summed E-state index contributed by atoms with van der Waals surface area (Å²) in [5.74, 6) is -1.57. The van der Waals surface area contributed by atoms with E-state index in [1.165, 1.54) is 6.07 Å². The van der Waals surface area contributed by atoms with Gasteiger partial charge in [-0.2, -0.15) is 0 Å². The number of hydrogen-bond acceptors (Lipinski definition) is 2. The molecule has 1 aliphatic heterocycles. The van der Waals surface area contributed by atoms with E-state index in [0.29, 0.717) is 18.7 Å². The van der Waals surface area contributed by atoms with Crippen molar-refractivity contribution >= 4 is 5.97 Å². The Morgan fingerprint density at radius 2 is 2.22 bits per heavy atom. The third-order valence-electron chi connectivity index (χ3n) is 3.23. The first-order valence-corrected chi connectivity index (χ1v) is 5.92. The average molecular weight is 255 g/mol. The Hall–Kier alpha value is -1.49. The minimum Gasteiger partial charge on any atom is -0.481 e. The normalized spacial score (nSPS) is 20.2. The van der Waals surface area contributed by atoms with Crippen LogP contribution in [0.3, 0.4) is 0 Å². The quantitative estimate of drug-likeness (QED) is 0.897. The Balaban J connectivity index is 1.95. The number of benzene rings is 1. The molecular formula is C13H15F2NO2. The molecule has 0 amide bonds. The van der Waals surface area contributed by atoms with Gasteiger partial charge in [0.25, 0.3) is 0 Å². The lowest BCUT2D eigenvalue weighted by Crippen LogP contribution is -2.21. The molecule has 1 heterocycles. The molecule has 0 spiro atoms. The van der Waals surface area contributed by atoms with E-state index in [2.05, 4.69) is 0 Å². The van der Waals surface area contributed by atoms with E-state index in [0.717, 1.165) is 25.1 Å². The molecule has 1 saturated heterocycles. The van der Waals surface area contributed by atoms with Crippen molar-refractivity contribution in [2.45, 2.75) is 19.4 Å². The SMILES string of the molecule is O=C(O)CC1CCN(Cc2cc(F)ccc2F)C1. The van der Waals surface area contributed by atoms with Gasteiger partial charge < -0.3 is 5.11 Å². The predicted octanol–water partition coefficient (Wildman–Crippen LogP) is 2.26. The molecule has 18 heavy (non-hydrogen) atoms. The molecule has 0 aliphatic carbocycles. The van der Waals surface area contributed by atoms with Crippen LogP contribution < -0.4 is 0 Å². The van der Waals surface area contributed by atoms with Gasteiger partial charge in [0, 0.05) is 25.1 Å². The van der Waals surface area contributed by atoms with Gasteiger partial charge in [-0.3, -0.25) is 9.69 Å². The third-order valence-corrected chi connectivity index (χ3v) is 3.23. The summed E-state index contributed by atoms with van der Waals surface area (Å²) in [5, 5.41) is 8.70. The largest absolute Gasteiger partial charge is 0.481 e. The molecule has 1 aromatic carbocycles. The van der Waals surface area contributed by atoms with E-state index in [1.807, 2.05) is 4.90 Å². The average Bonchev–Trinajstić information content (AvgIpc) is 2.70. The standard InChI is InChI=1S/C13H15F2NO2/c14-11-1-2-12(15)10(6-11)8-16-4-3-9(7-16)5-13(17)18/h1-2,6,9H,3-5,7-8H2,(H,17,18). The van der Waals surface area contributed by atoms with Gasteiger partial charge in [-0.15, -0.1) is 0 Å². The highest BCUT2D eigenvalue weighted by atomic mass is 19.1. The molecule has 2 rings (SSSR count). The van der Waals surface area contributed by atoms with Gasteiger partial charge in [0.05, 0.1) is 0 Å². The lowest BCUT2D eigenvalue weighted by atomic mass is 10.1. The van der Waals surface area contributed by atoms with Crippen LogP contribution in [-0.2, 0) is 11.3 Å². The van der Waals surface area contributed by atoms with Gasteiger partial charge in [0.15, 0.2) is 0 Å². The Morgan fingerprint density at radius 1 is 1.44 bits per heavy atom. The number of likely N-dealkylation sites (tertiary alicyclic amines) is 1. The molecule has 1 fully saturated rings. The van der Waals surface area contributed by atoms with Crippen molar-refractivity contribution in [2.75, 3.05) is 13.1 Å². The number of carboxylic acid groups (broad SMARTS) is 1. The van der Waals surface area contributed by atoms with Crippen molar-refractivity contribution < 1.29 is 18.7 Å². The van der Waals surface area contributed by atoms with Crippen LogP contribution in [0.25, 0.3) is 0 Å². The number of carboxylic acids is 1. The van der Waals surface area contributed by atoms with Crippen molar-refractivity contribution in [1.29, 1.82) is 0 Å². The minimum absolute atomic E-state index is 0.110. The first-order valence-electron chi connectivity index (χ1n) is 5.92. The number of hydrogen-bond donors (Lipinski definition) is 1.